The Morgan fingerprint density at radius 1 is 1.43 bits per heavy atom. The quantitative estimate of drug-likeness (QED) is 0.688. The highest BCUT2D eigenvalue weighted by Gasteiger charge is 2.43. The predicted molar refractivity (Wildman–Crippen MR) is 51.8 cm³/mol. The summed E-state index contributed by atoms with van der Waals surface area (Å²) in [5, 5.41) is 9.10. The Bertz CT molecular complexity index is 260. The van der Waals surface area contributed by atoms with Gasteiger partial charge in [0.25, 0.3) is 0 Å². The van der Waals surface area contributed by atoms with E-state index in [0.717, 1.165) is 12.8 Å². The maximum atomic E-state index is 11.3. The molecule has 0 saturated carbocycles. The molecule has 1 atom stereocenters. The molecule has 0 aliphatic carbocycles. The smallest absolute Gasteiger partial charge is 0.326 e. The lowest BCUT2D eigenvalue weighted by Gasteiger charge is -2.43. The predicted octanol–water partition coefficient (Wildman–Crippen LogP) is 1.11. The molecule has 1 rings (SSSR count). The molecule has 0 radical (unpaired) electrons. The van der Waals surface area contributed by atoms with Gasteiger partial charge in [-0.1, -0.05) is 13.8 Å². The largest absolute Gasteiger partial charge is 0.480 e. The van der Waals surface area contributed by atoms with E-state index in [2.05, 4.69) is 0 Å². The van der Waals surface area contributed by atoms with Crippen LogP contribution in [-0.4, -0.2) is 34.5 Å². The van der Waals surface area contributed by atoms with Gasteiger partial charge >= 0.3 is 5.97 Å². The number of carboxylic acids is 1. The molecule has 0 spiro atoms. The molecule has 0 aromatic heterocycles. The van der Waals surface area contributed by atoms with Gasteiger partial charge in [-0.05, 0) is 18.3 Å². The second kappa shape index (κ2) is 3.59. The molecule has 1 fully saturated rings. The zero-order valence-electron chi connectivity index (χ0n) is 8.91. The zero-order valence-corrected chi connectivity index (χ0v) is 8.91. The summed E-state index contributed by atoms with van der Waals surface area (Å²) in [6, 6.07) is -0.672. The van der Waals surface area contributed by atoms with Gasteiger partial charge in [0.05, 0.1) is 0 Å². The Balaban J connectivity index is 2.96. The fraction of sp³-hybridized carbons (Fsp3) is 0.800. The number of hydrogen-bond acceptors (Lipinski definition) is 2. The van der Waals surface area contributed by atoms with Gasteiger partial charge in [0.15, 0.2) is 0 Å². The Morgan fingerprint density at radius 3 is 2.36 bits per heavy atom. The van der Waals surface area contributed by atoms with Gasteiger partial charge in [0.1, 0.15) is 6.04 Å². The summed E-state index contributed by atoms with van der Waals surface area (Å²) in [5.41, 5.74) is -0.324. The minimum atomic E-state index is -0.898. The Kier molecular flexibility index (Phi) is 2.83. The molecule has 1 saturated heterocycles. The Labute approximate surface area is 83.9 Å². The zero-order chi connectivity index (χ0) is 10.9. The minimum absolute atomic E-state index is 0.148. The van der Waals surface area contributed by atoms with Crippen molar-refractivity contribution < 1.29 is 14.7 Å². The van der Waals surface area contributed by atoms with Crippen molar-refractivity contribution in [3.8, 4) is 0 Å². The van der Waals surface area contributed by atoms with Crippen LogP contribution >= 0.6 is 0 Å². The fourth-order valence-corrected chi connectivity index (χ4v) is 2.20. The summed E-state index contributed by atoms with van der Waals surface area (Å²) in [7, 11) is 0. The number of rotatable bonds is 1. The lowest BCUT2D eigenvalue weighted by Crippen LogP contribution is -2.55. The number of nitrogens with zero attached hydrogens (tertiary/aromatic N) is 1. The molecule has 1 amide bonds. The monoisotopic (exact) mass is 199 g/mol. The summed E-state index contributed by atoms with van der Waals surface area (Å²) >= 11 is 0. The fourth-order valence-electron chi connectivity index (χ4n) is 2.20. The van der Waals surface area contributed by atoms with Gasteiger partial charge in [-0.25, -0.2) is 4.79 Å². The van der Waals surface area contributed by atoms with E-state index in [4.69, 9.17) is 5.11 Å². The third kappa shape index (κ3) is 1.89. The van der Waals surface area contributed by atoms with Crippen LogP contribution in [0.2, 0.25) is 0 Å². The van der Waals surface area contributed by atoms with Crippen molar-refractivity contribution in [2.24, 2.45) is 5.41 Å². The lowest BCUT2D eigenvalue weighted by atomic mass is 9.76. The summed E-state index contributed by atoms with van der Waals surface area (Å²) in [4.78, 5) is 23.8. The molecule has 1 heterocycles. The molecular formula is C10H17NO3. The topological polar surface area (TPSA) is 57.6 Å². The van der Waals surface area contributed by atoms with E-state index in [1.807, 2.05) is 13.8 Å². The molecule has 1 unspecified atom stereocenters. The molecule has 80 valence electrons. The van der Waals surface area contributed by atoms with E-state index in [1.54, 1.807) is 0 Å². The molecule has 1 aliphatic rings. The van der Waals surface area contributed by atoms with Crippen LogP contribution in [0.4, 0.5) is 0 Å². The molecule has 1 N–H and O–H groups in total. The van der Waals surface area contributed by atoms with Crippen LogP contribution in [0, 0.1) is 5.41 Å². The summed E-state index contributed by atoms with van der Waals surface area (Å²) in [5.74, 6) is -1.05. The molecule has 0 aromatic carbocycles. The second-order valence-electron chi connectivity index (χ2n) is 4.55. The first kappa shape index (κ1) is 11.0. The lowest BCUT2D eigenvalue weighted by molar-refractivity contribution is -0.157. The van der Waals surface area contributed by atoms with Gasteiger partial charge in [-0.15, -0.1) is 0 Å². The average Bonchev–Trinajstić information content (AvgIpc) is 2.00. The summed E-state index contributed by atoms with van der Waals surface area (Å²) in [6.45, 7) is 5.80. The summed E-state index contributed by atoms with van der Waals surface area (Å²) in [6.07, 6.45) is 1.74. The van der Waals surface area contributed by atoms with Gasteiger partial charge in [-0.3, -0.25) is 4.79 Å². The van der Waals surface area contributed by atoms with Crippen molar-refractivity contribution in [1.29, 1.82) is 0 Å². The number of amides is 1. The van der Waals surface area contributed by atoms with Crippen LogP contribution in [0.1, 0.15) is 33.6 Å². The van der Waals surface area contributed by atoms with E-state index in [1.165, 1.54) is 11.8 Å². The van der Waals surface area contributed by atoms with E-state index < -0.39 is 12.0 Å². The molecular weight excluding hydrogens is 182 g/mol. The van der Waals surface area contributed by atoms with Gasteiger partial charge in [0, 0.05) is 13.5 Å². The number of likely N-dealkylation sites (tertiary alicyclic amines) is 1. The number of carbonyl (C=O) groups excluding carboxylic acids is 1. The van der Waals surface area contributed by atoms with Gasteiger partial charge in [0.2, 0.25) is 5.91 Å². The van der Waals surface area contributed by atoms with Crippen LogP contribution in [0.25, 0.3) is 0 Å². The second-order valence-corrected chi connectivity index (χ2v) is 4.55. The van der Waals surface area contributed by atoms with E-state index in [-0.39, 0.29) is 11.3 Å². The molecule has 0 bridgehead atoms. The van der Waals surface area contributed by atoms with E-state index >= 15 is 0 Å². The average molecular weight is 199 g/mol. The van der Waals surface area contributed by atoms with Gasteiger partial charge < -0.3 is 10.0 Å². The molecule has 4 heteroatoms. The van der Waals surface area contributed by atoms with Crippen molar-refractivity contribution in [3.63, 3.8) is 0 Å². The molecule has 1 aliphatic heterocycles. The molecule has 0 aromatic rings. The normalized spacial score (nSPS) is 25.9. The molecule has 14 heavy (non-hydrogen) atoms. The first-order valence-electron chi connectivity index (χ1n) is 4.86. The third-order valence-corrected chi connectivity index (χ3v) is 2.91. The number of hydrogen-bond donors (Lipinski definition) is 1. The van der Waals surface area contributed by atoms with Crippen molar-refractivity contribution in [3.05, 3.63) is 0 Å². The highest BCUT2D eigenvalue weighted by Crippen LogP contribution is 2.35. The van der Waals surface area contributed by atoms with Crippen molar-refractivity contribution in [2.75, 3.05) is 6.54 Å². The first-order chi connectivity index (χ1) is 6.36. The third-order valence-electron chi connectivity index (χ3n) is 2.91. The maximum Gasteiger partial charge on any atom is 0.326 e. The standard InChI is InChI=1S/C10H17NO3/c1-7(12)11-6-4-5-10(2,3)8(11)9(13)14/h8H,4-6H2,1-3H3,(H,13,14). The van der Waals surface area contributed by atoms with Crippen LogP contribution in [0.15, 0.2) is 0 Å². The summed E-state index contributed by atoms with van der Waals surface area (Å²) < 4.78 is 0. The number of carbonyl (C=O) groups is 2. The van der Waals surface area contributed by atoms with Crippen LogP contribution in [0.5, 0.6) is 0 Å². The Morgan fingerprint density at radius 2 is 2.00 bits per heavy atom. The highest BCUT2D eigenvalue weighted by molar-refractivity contribution is 5.83. The maximum absolute atomic E-state index is 11.3. The van der Waals surface area contributed by atoms with Crippen LogP contribution in [0.3, 0.4) is 0 Å². The van der Waals surface area contributed by atoms with Crippen LogP contribution in [-0.2, 0) is 9.59 Å². The highest BCUT2D eigenvalue weighted by atomic mass is 16.4. The van der Waals surface area contributed by atoms with Crippen molar-refractivity contribution in [1.82, 2.24) is 4.90 Å². The SMILES string of the molecule is CC(=O)N1CCCC(C)(C)C1C(=O)O. The van der Waals surface area contributed by atoms with E-state index in [9.17, 15) is 9.59 Å². The van der Waals surface area contributed by atoms with Crippen molar-refractivity contribution >= 4 is 11.9 Å². The Hall–Kier alpha value is -1.06. The van der Waals surface area contributed by atoms with Gasteiger partial charge in [-0.2, -0.15) is 0 Å². The number of carboxylic acid groups (broad SMARTS) is 1. The van der Waals surface area contributed by atoms with Crippen LogP contribution < -0.4 is 0 Å². The van der Waals surface area contributed by atoms with E-state index in [0.29, 0.717) is 6.54 Å². The number of piperidine rings is 1. The molecule has 4 nitrogen and oxygen atoms in total. The van der Waals surface area contributed by atoms with Crippen molar-refractivity contribution in [2.45, 2.75) is 39.7 Å². The minimum Gasteiger partial charge on any atom is -0.480 e. The first-order valence-corrected chi connectivity index (χ1v) is 4.86. The number of aliphatic carboxylic acids is 1.